The SMILES string of the molecule is Cc1cc(C)nc(Nc2cccc(C(=O)NCCC3=CCCCC3)c2)n1. The van der Waals surface area contributed by atoms with E-state index in [0.717, 1.165) is 23.5 Å². The molecule has 0 bridgehead atoms. The van der Waals surface area contributed by atoms with E-state index in [1.807, 2.05) is 44.2 Å². The fourth-order valence-corrected chi connectivity index (χ4v) is 3.22. The minimum atomic E-state index is -0.0496. The molecule has 26 heavy (non-hydrogen) atoms. The Balaban J connectivity index is 1.59. The quantitative estimate of drug-likeness (QED) is 0.755. The number of hydrogen-bond acceptors (Lipinski definition) is 4. The summed E-state index contributed by atoms with van der Waals surface area (Å²) in [6, 6.07) is 9.35. The van der Waals surface area contributed by atoms with E-state index >= 15 is 0 Å². The second-order valence-corrected chi connectivity index (χ2v) is 6.79. The summed E-state index contributed by atoms with van der Waals surface area (Å²) >= 11 is 0. The van der Waals surface area contributed by atoms with Crippen molar-refractivity contribution in [2.24, 2.45) is 0 Å². The van der Waals surface area contributed by atoms with Crippen molar-refractivity contribution in [1.29, 1.82) is 0 Å². The van der Waals surface area contributed by atoms with Gasteiger partial charge in [-0.05, 0) is 70.2 Å². The second kappa shape index (κ2) is 8.61. The van der Waals surface area contributed by atoms with Gasteiger partial charge < -0.3 is 10.6 Å². The third kappa shape index (κ3) is 5.15. The number of allylic oxidation sites excluding steroid dienone is 1. The highest BCUT2D eigenvalue weighted by molar-refractivity contribution is 5.95. The molecule has 0 unspecified atom stereocenters. The van der Waals surface area contributed by atoms with Crippen LogP contribution in [0.2, 0.25) is 0 Å². The maximum atomic E-state index is 12.4. The van der Waals surface area contributed by atoms with Gasteiger partial charge in [-0.1, -0.05) is 17.7 Å². The Bertz CT molecular complexity index is 793. The summed E-state index contributed by atoms with van der Waals surface area (Å²) in [4.78, 5) is 21.2. The van der Waals surface area contributed by atoms with Gasteiger partial charge in [0.15, 0.2) is 0 Å². The Labute approximate surface area is 155 Å². The lowest BCUT2D eigenvalue weighted by Gasteiger charge is -2.13. The van der Waals surface area contributed by atoms with Crippen molar-refractivity contribution in [3.8, 4) is 0 Å². The van der Waals surface area contributed by atoms with Crippen molar-refractivity contribution in [2.75, 3.05) is 11.9 Å². The molecule has 0 atom stereocenters. The van der Waals surface area contributed by atoms with Gasteiger partial charge in [0.05, 0.1) is 0 Å². The summed E-state index contributed by atoms with van der Waals surface area (Å²) in [6.07, 6.45) is 8.18. The zero-order valence-corrected chi connectivity index (χ0v) is 15.5. The number of benzene rings is 1. The number of nitrogens with one attached hydrogen (secondary N) is 2. The number of rotatable bonds is 6. The predicted molar refractivity (Wildman–Crippen MR) is 105 cm³/mol. The molecule has 1 aromatic carbocycles. The summed E-state index contributed by atoms with van der Waals surface area (Å²) in [6.45, 7) is 4.56. The molecule has 5 heteroatoms. The summed E-state index contributed by atoms with van der Waals surface area (Å²) in [7, 11) is 0. The van der Waals surface area contributed by atoms with Crippen LogP contribution in [0.15, 0.2) is 42.0 Å². The second-order valence-electron chi connectivity index (χ2n) is 6.79. The molecule has 0 saturated carbocycles. The summed E-state index contributed by atoms with van der Waals surface area (Å²) in [5.74, 6) is 0.496. The number of aryl methyl sites for hydroxylation is 2. The molecule has 1 aliphatic carbocycles. The topological polar surface area (TPSA) is 66.9 Å². The average molecular weight is 350 g/mol. The van der Waals surface area contributed by atoms with Crippen LogP contribution in [0.5, 0.6) is 0 Å². The molecule has 136 valence electrons. The van der Waals surface area contributed by atoms with E-state index in [2.05, 4.69) is 26.7 Å². The van der Waals surface area contributed by atoms with Crippen molar-refractivity contribution in [1.82, 2.24) is 15.3 Å². The molecule has 2 aromatic rings. The van der Waals surface area contributed by atoms with Crippen LogP contribution in [-0.2, 0) is 0 Å². The molecule has 5 nitrogen and oxygen atoms in total. The first-order chi connectivity index (χ1) is 12.6. The molecule has 0 radical (unpaired) electrons. The monoisotopic (exact) mass is 350 g/mol. The highest BCUT2D eigenvalue weighted by atomic mass is 16.1. The van der Waals surface area contributed by atoms with Crippen LogP contribution in [0, 0.1) is 13.8 Å². The minimum Gasteiger partial charge on any atom is -0.352 e. The zero-order chi connectivity index (χ0) is 18.4. The van der Waals surface area contributed by atoms with Gasteiger partial charge in [0.1, 0.15) is 0 Å². The van der Waals surface area contributed by atoms with Crippen LogP contribution < -0.4 is 10.6 Å². The molecular weight excluding hydrogens is 324 g/mol. The summed E-state index contributed by atoms with van der Waals surface area (Å²) < 4.78 is 0. The molecule has 3 rings (SSSR count). The summed E-state index contributed by atoms with van der Waals surface area (Å²) in [5, 5.41) is 6.19. The van der Waals surface area contributed by atoms with E-state index in [-0.39, 0.29) is 5.91 Å². The van der Waals surface area contributed by atoms with Crippen molar-refractivity contribution in [3.63, 3.8) is 0 Å². The Hall–Kier alpha value is -2.69. The van der Waals surface area contributed by atoms with Gasteiger partial charge in [0.25, 0.3) is 5.91 Å². The summed E-state index contributed by atoms with van der Waals surface area (Å²) in [5.41, 5.74) is 4.73. The maximum absolute atomic E-state index is 12.4. The van der Waals surface area contributed by atoms with Crippen LogP contribution in [-0.4, -0.2) is 22.4 Å². The Morgan fingerprint density at radius 3 is 2.65 bits per heavy atom. The third-order valence-corrected chi connectivity index (χ3v) is 4.48. The largest absolute Gasteiger partial charge is 0.352 e. The number of carbonyl (C=O) groups is 1. The highest BCUT2D eigenvalue weighted by Gasteiger charge is 2.08. The third-order valence-electron chi connectivity index (χ3n) is 4.48. The molecule has 0 fully saturated rings. The number of aromatic nitrogens is 2. The minimum absolute atomic E-state index is 0.0496. The number of anilines is 2. The van der Waals surface area contributed by atoms with E-state index < -0.39 is 0 Å². The van der Waals surface area contributed by atoms with Crippen molar-refractivity contribution in [2.45, 2.75) is 46.0 Å². The standard InChI is InChI=1S/C21H26N4O/c1-15-13-16(2)24-21(23-15)25-19-10-6-9-18(14-19)20(26)22-12-11-17-7-4-3-5-8-17/h6-7,9-10,13-14H,3-5,8,11-12H2,1-2H3,(H,22,26)(H,23,24,25). The van der Waals surface area contributed by atoms with E-state index in [9.17, 15) is 4.79 Å². The van der Waals surface area contributed by atoms with Gasteiger partial charge >= 0.3 is 0 Å². The van der Waals surface area contributed by atoms with E-state index in [1.165, 1.54) is 31.3 Å². The van der Waals surface area contributed by atoms with Gasteiger partial charge in [0.2, 0.25) is 5.95 Å². The molecule has 0 aliphatic heterocycles. The average Bonchev–Trinajstić information content (AvgIpc) is 2.62. The number of nitrogens with zero attached hydrogens (tertiary/aromatic N) is 2. The lowest BCUT2D eigenvalue weighted by molar-refractivity contribution is 0.0954. The van der Waals surface area contributed by atoms with Crippen molar-refractivity contribution < 1.29 is 4.79 Å². The Kier molecular flexibility index (Phi) is 6.00. The molecule has 2 N–H and O–H groups in total. The van der Waals surface area contributed by atoms with Crippen LogP contribution in [0.4, 0.5) is 11.6 Å². The first kappa shape index (κ1) is 18.1. The van der Waals surface area contributed by atoms with Gasteiger partial charge in [0, 0.05) is 29.2 Å². The van der Waals surface area contributed by atoms with E-state index in [4.69, 9.17) is 0 Å². The predicted octanol–water partition coefficient (Wildman–Crippen LogP) is 4.46. The smallest absolute Gasteiger partial charge is 0.251 e. The van der Waals surface area contributed by atoms with Crippen LogP contribution in [0.25, 0.3) is 0 Å². The lowest BCUT2D eigenvalue weighted by Crippen LogP contribution is -2.24. The Morgan fingerprint density at radius 2 is 1.92 bits per heavy atom. The zero-order valence-electron chi connectivity index (χ0n) is 15.5. The van der Waals surface area contributed by atoms with Crippen LogP contribution in [0.3, 0.4) is 0 Å². The number of amides is 1. The Morgan fingerprint density at radius 1 is 1.12 bits per heavy atom. The van der Waals surface area contributed by atoms with Gasteiger partial charge in [-0.25, -0.2) is 9.97 Å². The molecule has 1 heterocycles. The maximum Gasteiger partial charge on any atom is 0.251 e. The lowest BCUT2D eigenvalue weighted by atomic mass is 9.97. The van der Waals surface area contributed by atoms with Crippen LogP contribution >= 0.6 is 0 Å². The fraction of sp³-hybridized carbons (Fsp3) is 0.381. The van der Waals surface area contributed by atoms with Crippen molar-refractivity contribution >= 4 is 17.5 Å². The normalized spacial score (nSPS) is 13.8. The molecule has 0 saturated heterocycles. The van der Waals surface area contributed by atoms with E-state index in [1.54, 1.807) is 0 Å². The fourth-order valence-electron chi connectivity index (χ4n) is 3.22. The highest BCUT2D eigenvalue weighted by Crippen LogP contribution is 2.19. The van der Waals surface area contributed by atoms with Crippen LogP contribution in [0.1, 0.15) is 53.8 Å². The number of hydrogen-bond donors (Lipinski definition) is 2. The first-order valence-corrected chi connectivity index (χ1v) is 9.25. The van der Waals surface area contributed by atoms with Gasteiger partial charge in [-0.3, -0.25) is 4.79 Å². The van der Waals surface area contributed by atoms with Gasteiger partial charge in [-0.15, -0.1) is 0 Å². The van der Waals surface area contributed by atoms with Gasteiger partial charge in [-0.2, -0.15) is 0 Å². The van der Waals surface area contributed by atoms with Crippen molar-refractivity contribution in [3.05, 3.63) is 58.9 Å². The number of carbonyl (C=O) groups excluding carboxylic acids is 1. The van der Waals surface area contributed by atoms with E-state index in [0.29, 0.717) is 18.1 Å². The molecule has 0 spiro atoms. The molecule has 1 aliphatic rings. The molecule has 1 aromatic heterocycles. The molecular formula is C21H26N4O. The first-order valence-electron chi connectivity index (χ1n) is 9.25. The molecule has 1 amide bonds.